The maximum Gasteiger partial charge on any atom is 0.320 e. The van der Waals surface area contributed by atoms with Crippen LogP contribution in [-0.4, -0.2) is 71.3 Å². The molecule has 0 unspecified atom stereocenters. The molecule has 0 bridgehead atoms. The minimum Gasteiger partial charge on any atom is -0.480 e. The highest BCUT2D eigenvalue weighted by Gasteiger charge is 2.22. The summed E-state index contributed by atoms with van der Waals surface area (Å²) in [5.41, 5.74) is 21.3. The van der Waals surface area contributed by atoms with E-state index >= 15 is 0 Å². The zero-order chi connectivity index (χ0) is 18.3. The molecule has 0 spiro atoms. The Hall–Kier alpha value is -2.60. The fourth-order valence-electron chi connectivity index (χ4n) is 2.10. The van der Waals surface area contributed by atoms with Crippen LogP contribution in [0.25, 0.3) is 0 Å². The summed E-state index contributed by atoms with van der Waals surface area (Å²) in [6, 6.07) is -1.75. The first-order valence-electron chi connectivity index (χ1n) is 7.28. The van der Waals surface area contributed by atoms with Gasteiger partial charge in [-0.05, 0) is 12.8 Å². The predicted molar refractivity (Wildman–Crippen MR) is 101 cm³/mol. The van der Waals surface area contributed by atoms with E-state index in [0.717, 1.165) is 0 Å². The molecule has 0 aromatic heterocycles. The van der Waals surface area contributed by atoms with Crippen LogP contribution >= 0.6 is 0 Å². The lowest BCUT2D eigenvalue weighted by Gasteiger charge is -2.12. The smallest absolute Gasteiger partial charge is 0.320 e. The van der Waals surface area contributed by atoms with Crippen LogP contribution in [0.2, 0.25) is 0 Å². The molecule has 0 aromatic carbocycles. The van der Waals surface area contributed by atoms with Crippen molar-refractivity contribution >= 4 is 23.9 Å². The minimum atomic E-state index is -0.998. The van der Waals surface area contributed by atoms with Gasteiger partial charge < -0.3 is 43.8 Å². The molecule has 2 aliphatic rings. The van der Waals surface area contributed by atoms with Gasteiger partial charge in [-0.1, -0.05) is 14.9 Å². The van der Waals surface area contributed by atoms with Crippen LogP contribution in [0.5, 0.6) is 0 Å². The Morgan fingerprint density at radius 1 is 0.923 bits per heavy atom. The van der Waals surface area contributed by atoms with E-state index in [1.165, 1.54) is 0 Å². The molecule has 152 valence electrons. The molecule has 0 aliphatic carbocycles. The second-order valence-corrected chi connectivity index (χ2v) is 5.50. The summed E-state index contributed by atoms with van der Waals surface area (Å²) < 4.78 is 0. The van der Waals surface area contributed by atoms with Gasteiger partial charge in [0, 0.05) is 0 Å². The third kappa shape index (κ3) is 9.03. The Morgan fingerprint density at radius 2 is 1.23 bits per heavy atom. The monoisotopic (exact) mass is 376 g/mol. The van der Waals surface area contributed by atoms with Crippen molar-refractivity contribution in [1.29, 1.82) is 0 Å². The number of carboxylic acids is 2. The maximum atomic E-state index is 10.3. The summed E-state index contributed by atoms with van der Waals surface area (Å²) >= 11 is 0. The van der Waals surface area contributed by atoms with Crippen molar-refractivity contribution < 1.29 is 19.8 Å². The Kier molecular flexibility index (Phi) is 11.7. The molecule has 12 N–H and O–H groups in total. The third-order valence-electron chi connectivity index (χ3n) is 3.38. The molecule has 4 atom stereocenters. The number of rotatable bonds is 6. The van der Waals surface area contributed by atoms with Gasteiger partial charge in [0.2, 0.25) is 0 Å². The van der Waals surface area contributed by atoms with E-state index in [9.17, 15) is 9.59 Å². The van der Waals surface area contributed by atoms with Gasteiger partial charge in [-0.15, -0.1) is 0 Å². The van der Waals surface area contributed by atoms with E-state index in [2.05, 4.69) is 20.6 Å². The number of nitrogens with one attached hydrogen (secondary N) is 2. The lowest BCUT2D eigenvalue weighted by atomic mass is 10.1. The highest BCUT2D eigenvalue weighted by atomic mass is 16.4. The number of carboxylic acid groups (broad SMARTS) is 2. The van der Waals surface area contributed by atoms with Gasteiger partial charge >= 0.3 is 11.9 Å². The van der Waals surface area contributed by atoms with E-state index in [1.54, 1.807) is 0 Å². The van der Waals surface area contributed by atoms with Crippen molar-refractivity contribution in [1.82, 2.24) is 10.6 Å². The average Bonchev–Trinajstić information content (AvgIpc) is 3.08. The van der Waals surface area contributed by atoms with Crippen molar-refractivity contribution in [3.63, 3.8) is 0 Å². The second kappa shape index (κ2) is 11.9. The summed E-state index contributed by atoms with van der Waals surface area (Å²) in [5.74, 6) is -1.28. The number of aliphatic carboxylic acids is 2. The molecule has 0 fully saturated rings. The van der Waals surface area contributed by atoms with Crippen molar-refractivity contribution in [2.24, 2.45) is 32.9 Å². The number of hydrogen-bond donors (Lipinski definition) is 8. The molecular formula is C14H32N8O4. The number of hydrogen-bond acceptors (Lipinski definition) is 10. The molecule has 0 saturated heterocycles. The standard InChI is InChI=1S/2C6H12N4O2.2CH4/c2*7-4(5(11)12)1-3-2-9-6(8)10-3;;/h2*3-4H,1-2,7H2,(H,11,12)(H3,8,9,10);2*1H4/t3-,4+;3-,4-;;/m01../s1. The molecule has 12 nitrogen and oxygen atoms in total. The number of carbonyl (C=O) groups is 2. The quantitative estimate of drug-likeness (QED) is 0.241. The Bertz CT molecular complexity index is 479. The van der Waals surface area contributed by atoms with Crippen LogP contribution in [0.4, 0.5) is 0 Å². The molecule has 26 heavy (non-hydrogen) atoms. The molecule has 0 radical (unpaired) electrons. The number of guanidine groups is 2. The van der Waals surface area contributed by atoms with Gasteiger partial charge in [0.1, 0.15) is 12.1 Å². The first-order valence-corrected chi connectivity index (χ1v) is 7.28. The number of aliphatic imine (C=N–C) groups is 2. The van der Waals surface area contributed by atoms with Gasteiger partial charge in [0.05, 0.1) is 25.2 Å². The summed E-state index contributed by atoms with van der Waals surface area (Å²) in [6.45, 7) is 1.01. The molecule has 12 heteroatoms. The Morgan fingerprint density at radius 3 is 1.42 bits per heavy atom. The van der Waals surface area contributed by atoms with Gasteiger partial charge in [0.15, 0.2) is 11.9 Å². The van der Waals surface area contributed by atoms with Crippen LogP contribution in [0.3, 0.4) is 0 Å². The molecule has 0 aromatic rings. The van der Waals surface area contributed by atoms with Gasteiger partial charge in [0.25, 0.3) is 0 Å². The molecular weight excluding hydrogens is 344 g/mol. The van der Waals surface area contributed by atoms with Crippen molar-refractivity contribution in [2.75, 3.05) is 13.1 Å². The second-order valence-electron chi connectivity index (χ2n) is 5.50. The van der Waals surface area contributed by atoms with Gasteiger partial charge in [-0.2, -0.15) is 0 Å². The largest absolute Gasteiger partial charge is 0.480 e. The maximum absolute atomic E-state index is 10.3. The summed E-state index contributed by atoms with van der Waals surface area (Å²) in [5, 5.41) is 22.6. The highest BCUT2D eigenvalue weighted by Crippen LogP contribution is 2.02. The zero-order valence-electron chi connectivity index (χ0n) is 13.1. The first-order chi connectivity index (χ1) is 11.2. The molecule has 2 aliphatic heterocycles. The molecule has 2 heterocycles. The van der Waals surface area contributed by atoms with Crippen LogP contribution in [-0.2, 0) is 9.59 Å². The minimum absolute atomic E-state index is 0. The van der Waals surface area contributed by atoms with Crippen molar-refractivity contribution in [3.8, 4) is 0 Å². The average molecular weight is 376 g/mol. The van der Waals surface area contributed by atoms with E-state index in [-0.39, 0.29) is 26.9 Å². The van der Waals surface area contributed by atoms with Gasteiger partial charge in [-0.3, -0.25) is 19.6 Å². The van der Waals surface area contributed by atoms with Crippen molar-refractivity contribution in [2.45, 2.75) is 51.9 Å². The van der Waals surface area contributed by atoms with E-state index in [0.29, 0.717) is 37.9 Å². The fraction of sp³-hybridized carbons (Fsp3) is 0.714. The van der Waals surface area contributed by atoms with E-state index < -0.39 is 24.0 Å². The SMILES string of the molecule is C.C.NC1=NC[C@@H](C[C@@H](N)C(=O)O)N1.NC1=NC[C@H](C[C@@H](N)C(=O)O)N1. The highest BCUT2D eigenvalue weighted by molar-refractivity contribution is 5.80. The van der Waals surface area contributed by atoms with E-state index in [1.807, 2.05) is 0 Å². The summed E-state index contributed by atoms with van der Waals surface area (Å²) in [6.07, 6.45) is 0.694. The number of nitrogens with two attached hydrogens (primary N) is 4. The lowest BCUT2D eigenvalue weighted by molar-refractivity contribution is -0.139. The van der Waals surface area contributed by atoms with E-state index in [4.69, 9.17) is 33.1 Å². The molecule has 2 rings (SSSR count). The van der Waals surface area contributed by atoms with Crippen LogP contribution in [0.15, 0.2) is 9.98 Å². The summed E-state index contributed by atoms with van der Waals surface area (Å²) in [4.78, 5) is 28.4. The summed E-state index contributed by atoms with van der Waals surface area (Å²) in [7, 11) is 0. The third-order valence-corrected chi connectivity index (χ3v) is 3.38. The van der Waals surface area contributed by atoms with Crippen molar-refractivity contribution in [3.05, 3.63) is 0 Å². The topological polar surface area (TPSA) is 227 Å². The normalized spacial score (nSPS) is 22.5. The Balaban J connectivity index is 0. The van der Waals surface area contributed by atoms with Crippen LogP contribution in [0.1, 0.15) is 27.7 Å². The van der Waals surface area contributed by atoms with Crippen LogP contribution in [0, 0.1) is 0 Å². The fourth-order valence-corrected chi connectivity index (χ4v) is 2.10. The first kappa shape index (κ1) is 25.6. The van der Waals surface area contributed by atoms with Crippen LogP contribution < -0.4 is 33.6 Å². The lowest BCUT2D eigenvalue weighted by Crippen LogP contribution is -2.41. The zero-order valence-corrected chi connectivity index (χ0v) is 13.1. The number of nitrogens with zero attached hydrogens (tertiary/aromatic N) is 2. The molecule has 0 saturated carbocycles. The Labute approximate surface area is 153 Å². The predicted octanol–water partition coefficient (Wildman–Crippen LogP) is -2.58. The molecule has 0 amide bonds. The van der Waals surface area contributed by atoms with Gasteiger partial charge in [-0.25, -0.2) is 0 Å².